The summed E-state index contributed by atoms with van der Waals surface area (Å²) in [6.45, 7) is 0. The molecule has 2 N–H and O–H groups in total. The largest absolute Gasteiger partial charge is 0.496 e. The van der Waals surface area contributed by atoms with Crippen LogP contribution in [0.3, 0.4) is 0 Å². The SMILES string of the molecule is COc1cc(OC)c(OC)cc1/C=N\NC(=O)c1[nH]nc2c1CCc1ccccc1-2. The molecule has 1 heterocycles. The summed E-state index contributed by atoms with van der Waals surface area (Å²) in [7, 11) is 4.65. The molecule has 0 fully saturated rings. The number of aryl methyl sites for hydroxylation is 1. The van der Waals surface area contributed by atoms with Gasteiger partial charge < -0.3 is 14.2 Å². The molecule has 4 rings (SSSR count). The molecule has 0 spiro atoms. The van der Waals surface area contributed by atoms with Gasteiger partial charge >= 0.3 is 0 Å². The van der Waals surface area contributed by atoms with Crippen LogP contribution in [-0.4, -0.2) is 43.6 Å². The molecule has 1 aliphatic carbocycles. The van der Waals surface area contributed by atoms with E-state index in [2.05, 4.69) is 26.8 Å². The second-order valence-corrected chi connectivity index (χ2v) is 6.73. The summed E-state index contributed by atoms with van der Waals surface area (Å²) in [6, 6.07) is 11.5. The van der Waals surface area contributed by atoms with Gasteiger partial charge in [-0.1, -0.05) is 24.3 Å². The summed E-state index contributed by atoms with van der Waals surface area (Å²) in [4.78, 5) is 12.7. The number of benzene rings is 2. The maximum absolute atomic E-state index is 12.7. The molecule has 154 valence electrons. The van der Waals surface area contributed by atoms with Gasteiger partial charge in [0, 0.05) is 22.8 Å². The Balaban J connectivity index is 1.54. The zero-order valence-corrected chi connectivity index (χ0v) is 17.0. The molecule has 8 heteroatoms. The molecule has 30 heavy (non-hydrogen) atoms. The van der Waals surface area contributed by atoms with Crippen molar-refractivity contribution in [2.45, 2.75) is 12.8 Å². The van der Waals surface area contributed by atoms with Crippen molar-refractivity contribution in [1.82, 2.24) is 15.6 Å². The summed E-state index contributed by atoms with van der Waals surface area (Å²) < 4.78 is 16.0. The highest BCUT2D eigenvalue weighted by atomic mass is 16.5. The van der Waals surface area contributed by atoms with E-state index in [1.807, 2.05) is 18.2 Å². The van der Waals surface area contributed by atoms with Crippen LogP contribution in [0.25, 0.3) is 11.3 Å². The van der Waals surface area contributed by atoms with Crippen molar-refractivity contribution in [2.75, 3.05) is 21.3 Å². The van der Waals surface area contributed by atoms with E-state index in [9.17, 15) is 4.79 Å². The summed E-state index contributed by atoms with van der Waals surface area (Å²) in [5, 5.41) is 11.3. The van der Waals surface area contributed by atoms with Gasteiger partial charge in [0.25, 0.3) is 5.91 Å². The molecule has 1 aliphatic rings. The van der Waals surface area contributed by atoms with E-state index in [1.54, 1.807) is 33.5 Å². The van der Waals surface area contributed by atoms with E-state index in [4.69, 9.17) is 14.2 Å². The molecular weight excluding hydrogens is 384 g/mol. The summed E-state index contributed by atoms with van der Waals surface area (Å²) >= 11 is 0. The van der Waals surface area contributed by atoms with Crippen molar-refractivity contribution < 1.29 is 19.0 Å². The number of nitrogens with one attached hydrogen (secondary N) is 2. The van der Waals surface area contributed by atoms with Crippen LogP contribution in [0, 0.1) is 0 Å². The van der Waals surface area contributed by atoms with Crippen LogP contribution in [0.1, 0.15) is 27.2 Å². The Kier molecular flexibility index (Phi) is 5.38. The number of carbonyl (C=O) groups excluding carboxylic acids is 1. The van der Waals surface area contributed by atoms with Crippen molar-refractivity contribution in [2.24, 2.45) is 5.10 Å². The van der Waals surface area contributed by atoms with E-state index in [0.717, 1.165) is 29.7 Å². The van der Waals surface area contributed by atoms with Gasteiger partial charge in [-0.3, -0.25) is 9.89 Å². The Hall–Kier alpha value is -3.81. The lowest BCUT2D eigenvalue weighted by Gasteiger charge is -2.15. The summed E-state index contributed by atoms with van der Waals surface area (Å²) in [5.41, 5.74) is 7.65. The molecular formula is C22H22N4O4. The van der Waals surface area contributed by atoms with Crippen molar-refractivity contribution in [3.63, 3.8) is 0 Å². The number of carbonyl (C=O) groups is 1. The lowest BCUT2D eigenvalue weighted by atomic mass is 9.89. The molecule has 2 aromatic carbocycles. The first kappa shape index (κ1) is 19.5. The van der Waals surface area contributed by atoms with Gasteiger partial charge in [0.15, 0.2) is 11.5 Å². The first-order valence-corrected chi connectivity index (χ1v) is 9.45. The number of hydrazone groups is 1. The lowest BCUT2D eigenvalue weighted by Crippen LogP contribution is -2.20. The Bertz CT molecular complexity index is 1120. The molecule has 0 bridgehead atoms. The van der Waals surface area contributed by atoms with Crippen LogP contribution in [0.4, 0.5) is 0 Å². The second kappa shape index (κ2) is 8.28. The van der Waals surface area contributed by atoms with Crippen LogP contribution in [-0.2, 0) is 12.8 Å². The number of nitrogens with zero attached hydrogens (tertiary/aromatic N) is 2. The molecule has 3 aromatic rings. The Morgan fingerprint density at radius 2 is 1.80 bits per heavy atom. The number of ether oxygens (including phenoxy) is 3. The monoisotopic (exact) mass is 406 g/mol. The average Bonchev–Trinajstić information content (AvgIpc) is 3.23. The number of hydrogen-bond donors (Lipinski definition) is 2. The lowest BCUT2D eigenvalue weighted by molar-refractivity contribution is 0.0949. The van der Waals surface area contributed by atoms with Crippen LogP contribution < -0.4 is 19.6 Å². The van der Waals surface area contributed by atoms with Crippen LogP contribution in [0.15, 0.2) is 41.5 Å². The molecule has 0 radical (unpaired) electrons. The highest BCUT2D eigenvalue weighted by molar-refractivity contribution is 5.96. The first-order valence-electron chi connectivity index (χ1n) is 9.45. The predicted molar refractivity (Wildman–Crippen MR) is 113 cm³/mol. The van der Waals surface area contributed by atoms with Crippen LogP contribution in [0.5, 0.6) is 17.2 Å². The normalized spacial score (nSPS) is 12.2. The fourth-order valence-corrected chi connectivity index (χ4v) is 3.62. The molecule has 0 atom stereocenters. The number of aromatic amines is 1. The Morgan fingerprint density at radius 3 is 2.57 bits per heavy atom. The number of amides is 1. The van der Waals surface area contributed by atoms with Crippen LogP contribution in [0.2, 0.25) is 0 Å². The van der Waals surface area contributed by atoms with E-state index in [0.29, 0.717) is 28.5 Å². The molecule has 0 aliphatic heterocycles. The number of hydrogen-bond acceptors (Lipinski definition) is 6. The van der Waals surface area contributed by atoms with Gasteiger partial charge in [-0.15, -0.1) is 0 Å². The smallest absolute Gasteiger partial charge is 0.289 e. The Morgan fingerprint density at radius 1 is 1.07 bits per heavy atom. The van der Waals surface area contributed by atoms with Crippen molar-refractivity contribution in [3.05, 3.63) is 58.8 Å². The third-order valence-corrected chi connectivity index (χ3v) is 5.12. The van der Waals surface area contributed by atoms with Gasteiger partial charge in [0.05, 0.1) is 33.2 Å². The fourth-order valence-electron chi connectivity index (χ4n) is 3.62. The van der Waals surface area contributed by atoms with Crippen molar-refractivity contribution >= 4 is 12.1 Å². The van der Waals surface area contributed by atoms with Crippen molar-refractivity contribution in [1.29, 1.82) is 0 Å². The second-order valence-electron chi connectivity index (χ2n) is 6.73. The van der Waals surface area contributed by atoms with Gasteiger partial charge in [-0.05, 0) is 24.5 Å². The number of fused-ring (bicyclic) bond motifs is 3. The topological polar surface area (TPSA) is 97.8 Å². The predicted octanol–water partition coefficient (Wildman–Crippen LogP) is 2.97. The summed E-state index contributed by atoms with van der Waals surface area (Å²) in [6.07, 6.45) is 3.12. The quantitative estimate of drug-likeness (QED) is 0.485. The number of rotatable bonds is 6. The number of aromatic nitrogens is 2. The highest BCUT2D eigenvalue weighted by Crippen LogP contribution is 2.34. The third kappa shape index (κ3) is 3.47. The van der Waals surface area contributed by atoms with E-state index < -0.39 is 0 Å². The average molecular weight is 406 g/mol. The third-order valence-electron chi connectivity index (χ3n) is 5.12. The number of H-pyrrole nitrogens is 1. The van der Waals surface area contributed by atoms with E-state index >= 15 is 0 Å². The van der Waals surface area contributed by atoms with Crippen LogP contribution >= 0.6 is 0 Å². The highest BCUT2D eigenvalue weighted by Gasteiger charge is 2.24. The molecule has 0 unspecified atom stereocenters. The summed E-state index contributed by atoms with van der Waals surface area (Å²) in [5.74, 6) is 1.27. The molecule has 8 nitrogen and oxygen atoms in total. The zero-order valence-electron chi connectivity index (χ0n) is 17.0. The fraction of sp³-hybridized carbons (Fsp3) is 0.227. The maximum Gasteiger partial charge on any atom is 0.289 e. The molecule has 1 amide bonds. The van der Waals surface area contributed by atoms with E-state index in [1.165, 1.54) is 11.8 Å². The van der Waals surface area contributed by atoms with Gasteiger partial charge in [0.1, 0.15) is 11.4 Å². The minimum Gasteiger partial charge on any atom is -0.496 e. The zero-order chi connectivity index (χ0) is 21.1. The molecule has 1 aromatic heterocycles. The van der Waals surface area contributed by atoms with Crippen molar-refractivity contribution in [3.8, 4) is 28.5 Å². The minimum absolute atomic E-state index is 0.348. The minimum atomic E-state index is -0.348. The van der Waals surface area contributed by atoms with E-state index in [-0.39, 0.29) is 5.91 Å². The van der Waals surface area contributed by atoms with Gasteiger partial charge in [0.2, 0.25) is 0 Å². The van der Waals surface area contributed by atoms with Gasteiger partial charge in [-0.25, -0.2) is 5.43 Å². The van der Waals surface area contributed by atoms with Gasteiger partial charge in [-0.2, -0.15) is 10.2 Å². The Labute approximate surface area is 173 Å². The molecule has 0 saturated carbocycles. The first-order chi connectivity index (χ1) is 14.7. The standard InChI is InChI=1S/C22H22N4O4/c1-28-17-11-19(30-3)18(29-2)10-14(17)12-23-26-22(27)21-16-9-8-13-6-4-5-7-15(13)20(16)24-25-21/h4-7,10-12H,8-9H2,1-3H3,(H,24,25)(H,26,27)/b23-12-. The maximum atomic E-state index is 12.7. The number of methoxy groups -OCH3 is 3. The molecule has 0 saturated heterocycles.